The van der Waals surface area contributed by atoms with Gasteiger partial charge in [0.05, 0.1) is 12.5 Å². The zero-order valence-corrected chi connectivity index (χ0v) is 34.5. The average Bonchev–Trinajstić information content (AvgIpc) is 3.62. The van der Waals surface area contributed by atoms with Gasteiger partial charge in [-0.3, -0.25) is 4.79 Å². The highest BCUT2D eigenvalue weighted by Crippen LogP contribution is 2.45. The van der Waals surface area contributed by atoms with Gasteiger partial charge in [-0.25, -0.2) is 14.0 Å². The van der Waals surface area contributed by atoms with Crippen molar-refractivity contribution in [1.82, 2.24) is 14.7 Å². The lowest BCUT2D eigenvalue weighted by Gasteiger charge is -2.37. The van der Waals surface area contributed by atoms with E-state index in [0.717, 1.165) is 0 Å². The second kappa shape index (κ2) is 17.4. The third kappa shape index (κ3) is 11.4. The molecule has 3 saturated heterocycles. The summed E-state index contributed by atoms with van der Waals surface area (Å²) in [6.45, 7) is 14.4. The summed E-state index contributed by atoms with van der Waals surface area (Å²) in [5.74, 6) is -1.27. The Morgan fingerprint density at radius 2 is 1.22 bits per heavy atom. The number of hydrogen-bond donors (Lipinski definition) is 0. The molecule has 0 spiro atoms. The molecule has 58 heavy (non-hydrogen) atoms. The highest BCUT2D eigenvalue weighted by molar-refractivity contribution is 5.94. The van der Waals surface area contributed by atoms with Crippen LogP contribution in [0.4, 0.5) is 32.8 Å². The van der Waals surface area contributed by atoms with E-state index in [1.807, 2.05) is 25.7 Å². The van der Waals surface area contributed by atoms with Crippen LogP contribution < -0.4 is 14.4 Å². The van der Waals surface area contributed by atoms with Crippen molar-refractivity contribution >= 4 is 23.8 Å². The van der Waals surface area contributed by atoms with E-state index < -0.39 is 35.2 Å². The molecular weight excluding hydrogens is 760 g/mol. The molecule has 0 unspecified atom stereocenters. The average molecular weight is 819 g/mol. The second-order valence-corrected chi connectivity index (χ2v) is 18.0. The maximum absolute atomic E-state index is 14.8. The topological polar surface area (TPSA) is 101 Å². The number of carbonyl (C=O) groups excluding carboxylic acids is 3. The number of alkyl halides is 3. The molecule has 15 heteroatoms. The molecule has 0 N–H and O–H groups in total. The molecule has 6 rings (SSSR count). The van der Waals surface area contributed by atoms with Crippen LogP contribution >= 0.6 is 0 Å². The van der Waals surface area contributed by atoms with Crippen LogP contribution in [0.3, 0.4) is 0 Å². The van der Waals surface area contributed by atoms with Gasteiger partial charge >= 0.3 is 18.4 Å². The fourth-order valence-corrected chi connectivity index (χ4v) is 8.16. The fourth-order valence-electron chi connectivity index (χ4n) is 8.16. The maximum Gasteiger partial charge on any atom is 0.410 e. The molecule has 4 aliphatic rings. The predicted octanol–water partition coefficient (Wildman–Crippen LogP) is 8.79. The van der Waals surface area contributed by atoms with Crippen LogP contribution in [0.15, 0.2) is 36.4 Å². The zero-order chi connectivity index (χ0) is 42.0. The molecular formula is C43H58F4N4O7. The lowest BCUT2D eigenvalue weighted by atomic mass is 9.78. The lowest BCUT2D eigenvalue weighted by Crippen LogP contribution is -2.50. The predicted molar refractivity (Wildman–Crippen MR) is 210 cm³/mol. The first-order chi connectivity index (χ1) is 27.2. The van der Waals surface area contributed by atoms with E-state index in [1.165, 1.54) is 12.1 Å². The van der Waals surface area contributed by atoms with E-state index in [1.54, 1.807) is 59.7 Å². The summed E-state index contributed by atoms with van der Waals surface area (Å²) in [5, 5.41) is 0. The highest BCUT2D eigenvalue weighted by atomic mass is 19.4. The number of piperazine rings is 1. The molecule has 2 aromatic carbocycles. The number of ether oxygens (including phenoxy) is 4. The van der Waals surface area contributed by atoms with E-state index in [2.05, 4.69) is 0 Å². The van der Waals surface area contributed by atoms with Crippen LogP contribution in [-0.4, -0.2) is 115 Å². The van der Waals surface area contributed by atoms with E-state index in [-0.39, 0.29) is 43.0 Å². The van der Waals surface area contributed by atoms with Crippen LogP contribution in [0, 0.1) is 11.7 Å². The third-order valence-electron chi connectivity index (χ3n) is 11.2. The van der Waals surface area contributed by atoms with Crippen molar-refractivity contribution in [2.75, 3.05) is 57.3 Å². The summed E-state index contributed by atoms with van der Waals surface area (Å²) in [6, 6.07) is 9.83. The van der Waals surface area contributed by atoms with Gasteiger partial charge in [-0.2, -0.15) is 13.2 Å². The summed E-state index contributed by atoms with van der Waals surface area (Å²) in [4.78, 5) is 46.1. The van der Waals surface area contributed by atoms with Crippen molar-refractivity contribution in [2.45, 2.75) is 122 Å². The fraction of sp³-hybridized carbons (Fsp3) is 0.651. The van der Waals surface area contributed by atoms with E-state index >= 15 is 0 Å². The van der Waals surface area contributed by atoms with Crippen molar-refractivity contribution in [1.29, 1.82) is 0 Å². The second-order valence-electron chi connectivity index (χ2n) is 18.0. The van der Waals surface area contributed by atoms with E-state index in [9.17, 15) is 31.9 Å². The van der Waals surface area contributed by atoms with Crippen LogP contribution in [0.1, 0.15) is 108 Å². The summed E-state index contributed by atoms with van der Waals surface area (Å²) in [6.07, 6.45) is -3.34. The number of likely N-dealkylation sites (tertiary alicyclic amines) is 2. The SMILES string of the molecule is CC(C)(C)OC(=O)N1CCN(c2cc(F)cc(OC3CCN(C(=O)c4ccc(O[C@H]5CCN(C(=O)OC(C)(C)C)C5)c([C@H]5CC[C@H](C(F)(F)F)CC5)c4)CC3)c2)CC1. The zero-order valence-electron chi connectivity index (χ0n) is 34.5. The van der Waals surface area contributed by atoms with Gasteiger partial charge in [0.15, 0.2) is 0 Å². The molecule has 3 aliphatic heterocycles. The third-order valence-corrected chi connectivity index (χ3v) is 11.2. The van der Waals surface area contributed by atoms with Gasteiger partial charge in [0, 0.05) is 88.5 Å². The molecule has 0 aromatic heterocycles. The van der Waals surface area contributed by atoms with Crippen molar-refractivity contribution in [3.8, 4) is 11.5 Å². The smallest absolute Gasteiger partial charge is 0.410 e. The van der Waals surface area contributed by atoms with Crippen molar-refractivity contribution in [3.05, 3.63) is 53.3 Å². The summed E-state index contributed by atoms with van der Waals surface area (Å²) < 4.78 is 79.3. The standard InChI is InChI=1S/C43H58F4N4O7/c1-41(2,3)57-39(53)50-21-19-48(20-22-50)32-24-31(44)25-35(26-32)55-33-13-16-49(17-14-33)38(52)29-9-12-37(36(23-29)28-7-10-30(11-8-28)43(45,46)47)56-34-15-18-51(27-34)40(54)58-42(4,5)6/h9,12,23-26,28,30,33-34H,7-8,10-11,13-22,27H2,1-6H3/t28-,30-,34-/m0/s1. The van der Waals surface area contributed by atoms with Crippen molar-refractivity contribution in [2.24, 2.45) is 5.92 Å². The van der Waals surface area contributed by atoms with Crippen molar-refractivity contribution in [3.63, 3.8) is 0 Å². The Kier molecular flexibility index (Phi) is 13.0. The van der Waals surface area contributed by atoms with Crippen LogP contribution in [0.5, 0.6) is 11.5 Å². The number of rotatable bonds is 7. The van der Waals surface area contributed by atoms with Gasteiger partial charge in [-0.05, 0) is 103 Å². The van der Waals surface area contributed by atoms with Crippen LogP contribution in [0.2, 0.25) is 0 Å². The number of benzene rings is 2. The number of anilines is 1. The Morgan fingerprint density at radius 1 is 0.638 bits per heavy atom. The molecule has 2 aromatic rings. The van der Waals surface area contributed by atoms with Crippen LogP contribution in [-0.2, 0) is 9.47 Å². The Labute approximate surface area is 338 Å². The summed E-state index contributed by atoms with van der Waals surface area (Å²) in [7, 11) is 0. The Balaban J connectivity index is 1.07. The first-order valence-electron chi connectivity index (χ1n) is 20.6. The number of hydrogen-bond acceptors (Lipinski definition) is 8. The van der Waals surface area contributed by atoms with Gasteiger partial charge in [0.1, 0.15) is 40.7 Å². The molecule has 1 aliphatic carbocycles. The van der Waals surface area contributed by atoms with E-state index in [0.29, 0.717) is 113 Å². The van der Waals surface area contributed by atoms with Gasteiger partial charge in [0.25, 0.3) is 5.91 Å². The first-order valence-corrected chi connectivity index (χ1v) is 20.6. The summed E-state index contributed by atoms with van der Waals surface area (Å²) in [5.41, 5.74) is 0.581. The molecule has 11 nitrogen and oxygen atoms in total. The minimum Gasteiger partial charge on any atom is -0.490 e. The van der Waals surface area contributed by atoms with Crippen molar-refractivity contribution < 1.29 is 50.9 Å². The molecule has 1 saturated carbocycles. The molecule has 4 fully saturated rings. The largest absolute Gasteiger partial charge is 0.490 e. The minimum atomic E-state index is -4.25. The minimum absolute atomic E-state index is 0.00663. The maximum atomic E-state index is 14.8. The Morgan fingerprint density at radius 3 is 1.83 bits per heavy atom. The number of halogens is 4. The van der Waals surface area contributed by atoms with Gasteiger partial charge in [-0.1, -0.05) is 0 Å². The lowest BCUT2D eigenvalue weighted by molar-refractivity contribution is -0.182. The first kappa shape index (κ1) is 43.2. The molecule has 1 atom stereocenters. The summed E-state index contributed by atoms with van der Waals surface area (Å²) >= 11 is 0. The monoisotopic (exact) mass is 818 g/mol. The number of nitrogens with zero attached hydrogens (tertiary/aromatic N) is 4. The molecule has 3 amide bonds. The van der Waals surface area contributed by atoms with Gasteiger partial charge in [-0.15, -0.1) is 0 Å². The highest BCUT2D eigenvalue weighted by Gasteiger charge is 2.42. The Bertz CT molecular complexity index is 1770. The van der Waals surface area contributed by atoms with Gasteiger partial charge < -0.3 is 38.5 Å². The molecule has 0 radical (unpaired) electrons. The molecule has 0 bridgehead atoms. The number of piperidine rings is 1. The van der Waals surface area contributed by atoms with E-state index in [4.69, 9.17) is 18.9 Å². The van der Waals surface area contributed by atoms with Gasteiger partial charge in [0.2, 0.25) is 0 Å². The normalized spacial score (nSPS) is 22.5. The van der Waals surface area contributed by atoms with Crippen LogP contribution in [0.25, 0.3) is 0 Å². The number of amides is 3. The molecule has 320 valence electrons. The quantitative estimate of drug-likeness (QED) is 0.256. The Hall–Kier alpha value is -4.43. The molecule has 3 heterocycles. The number of carbonyl (C=O) groups is 3.